The summed E-state index contributed by atoms with van der Waals surface area (Å²) in [7, 11) is 0. The van der Waals surface area contributed by atoms with Crippen LogP contribution >= 0.6 is 23.2 Å². The Hall–Kier alpha value is -1.79. The Morgan fingerprint density at radius 2 is 1.85 bits per heavy atom. The molecular formula is C18H22Cl2N2O4. The summed E-state index contributed by atoms with van der Waals surface area (Å²) in [5.41, 5.74) is 0.205. The highest BCUT2D eigenvalue weighted by Crippen LogP contribution is 2.21. The van der Waals surface area contributed by atoms with E-state index in [0.717, 1.165) is 6.42 Å². The van der Waals surface area contributed by atoms with Crippen molar-refractivity contribution in [2.75, 3.05) is 26.2 Å². The van der Waals surface area contributed by atoms with Crippen LogP contribution in [-0.4, -0.2) is 48.9 Å². The fraction of sp³-hybridized carbons (Fsp3) is 0.500. The van der Waals surface area contributed by atoms with Gasteiger partial charge in [0, 0.05) is 18.1 Å². The van der Waals surface area contributed by atoms with Gasteiger partial charge >= 0.3 is 5.97 Å². The first-order valence-corrected chi connectivity index (χ1v) is 9.18. The highest BCUT2D eigenvalue weighted by atomic mass is 35.5. The predicted molar refractivity (Wildman–Crippen MR) is 99.3 cm³/mol. The van der Waals surface area contributed by atoms with Gasteiger partial charge in [0.05, 0.1) is 10.6 Å². The van der Waals surface area contributed by atoms with Crippen LogP contribution in [0.25, 0.3) is 0 Å². The van der Waals surface area contributed by atoms with Crippen molar-refractivity contribution < 1.29 is 19.1 Å². The molecule has 1 saturated heterocycles. The van der Waals surface area contributed by atoms with E-state index in [2.05, 4.69) is 19.2 Å². The molecule has 0 aromatic heterocycles. The van der Waals surface area contributed by atoms with Crippen molar-refractivity contribution >= 4 is 41.0 Å². The summed E-state index contributed by atoms with van der Waals surface area (Å²) in [5, 5.41) is 3.01. The Kier molecular flexibility index (Phi) is 7.29. The Labute approximate surface area is 162 Å². The van der Waals surface area contributed by atoms with E-state index < -0.39 is 11.9 Å². The molecule has 0 aliphatic carbocycles. The van der Waals surface area contributed by atoms with Crippen LogP contribution in [0.15, 0.2) is 18.2 Å². The highest BCUT2D eigenvalue weighted by molar-refractivity contribution is 6.36. The van der Waals surface area contributed by atoms with Gasteiger partial charge in [-0.1, -0.05) is 37.0 Å². The number of nitrogens with one attached hydrogen (secondary N) is 1. The van der Waals surface area contributed by atoms with Gasteiger partial charge < -0.3 is 15.0 Å². The van der Waals surface area contributed by atoms with Crippen LogP contribution in [0, 0.1) is 11.8 Å². The number of benzene rings is 1. The lowest BCUT2D eigenvalue weighted by Crippen LogP contribution is -2.44. The van der Waals surface area contributed by atoms with E-state index in [0.29, 0.717) is 29.9 Å². The molecule has 0 spiro atoms. The number of hydrogen-bond donors (Lipinski definition) is 1. The Bertz CT molecular complexity index is 686. The molecule has 1 heterocycles. The minimum Gasteiger partial charge on any atom is -0.454 e. The van der Waals surface area contributed by atoms with E-state index in [1.807, 2.05) is 0 Å². The standard InChI is InChI=1S/C18H22Cl2N2O4/c1-11-5-12(2)9-22(8-11)16(23)10-26-17(24)7-21-18(25)14-4-3-13(19)6-15(14)20/h3-4,6,11-12H,5,7-10H2,1-2H3,(H,21,25). The smallest absolute Gasteiger partial charge is 0.325 e. The lowest BCUT2D eigenvalue weighted by atomic mass is 9.92. The maximum absolute atomic E-state index is 12.2. The first kappa shape index (κ1) is 20.5. The number of likely N-dealkylation sites (tertiary alicyclic amines) is 1. The van der Waals surface area contributed by atoms with Crippen LogP contribution < -0.4 is 5.32 Å². The van der Waals surface area contributed by atoms with E-state index >= 15 is 0 Å². The SMILES string of the molecule is CC1CC(C)CN(C(=O)COC(=O)CNC(=O)c2ccc(Cl)cc2Cl)C1. The summed E-state index contributed by atoms with van der Waals surface area (Å²) in [6.07, 6.45) is 1.09. The third-order valence-corrected chi connectivity index (χ3v) is 4.70. The molecule has 0 saturated carbocycles. The molecule has 142 valence electrons. The van der Waals surface area contributed by atoms with Crippen molar-refractivity contribution in [1.82, 2.24) is 10.2 Å². The minimum atomic E-state index is -0.685. The average molecular weight is 401 g/mol. The van der Waals surface area contributed by atoms with Gasteiger partial charge in [-0.25, -0.2) is 0 Å². The molecular weight excluding hydrogens is 379 g/mol. The second kappa shape index (κ2) is 9.24. The van der Waals surface area contributed by atoms with Crippen LogP contribution in [0.3, 0.4) is 0 Å². The van der Waals surface area contributed by atoms with Crippen molar-refractivity contribution in [1.29, 1.82) is 0 Å². The summed E-state index contributed by atoms with van der Waals surface area (Å²) in [5.74, 6) is -0.559. The summed E-state index contributed by atoms with van der Waals surface area (Å²) in [6.45, 7) is 4.87. The predicted octanol–water partition coefficient (Wildman–Crippen LogP) is 2.77. The number of hydrogen-bond acceptors (Lipinski definition) is 4. The van der Waals surface area contributed by atoms with Gasteiger partial charge in [-0.05, 0) is 36.5 Å². The number of carbonyl (C=O) groups excluding carboxylic acids is 3. The largest absolute Gasteiger partial charge is 0.454 e. The van der Waals surface area contributed by atoms with Crippen LogP contribution in [0.2, 0.25) is 10.0 Å². The number of carbonyl (C=O) groups is 3. The van der Waals surface area contributed by atoms with Gasteiger partial charge in [-0.3, -0.25) is 14.4 Å². The molecule has 1 aromatic rings. The van der Waals surface area contributed by atoms with E-state index in [9.17, 15) is 14.4 Å². The monoisotopic (exact) mass is 400 g/mol. The molecule has 2 unspecified atom stereocenters. The Balaban J connectivity index is 1.76. The number of amides is 2. The van der Waals surface area contributed by atoms with E-state index in [1.165, 1.54) is 18.2 Å². The van der Waals surface area contributed by atoms with Crippen molar-refractivity contribution in [2.24, 2.45) is 11.8 Å². The fourth-order valence-corrected chi connectivity index (χ4v) is 3.57. The van der Waals surface area contributed by atoms with E-state index in [-0.39, 0.29) is 29.6 Å². The van der Waals surface area contributed by atoms with E-state index in [1.54, 1.807) is 4.90 Å². The molecule has 2 amide bonds. The molecule has 8 heteroatoms. The number of halogens is 2. The summed E-state index contributed by atoms with van der Waals surface area (Å²) in [6, 6.07) is 4.43. The maximum Gasteiger partial charge on any atom is 0.325 e. The van der Waals surface area contributed by atoms with Gasteiger partial charge in [-0.2, -0.15) is 0 Å². The van der Waals surface area contributed by atoms with Gasteiger partial charge in [-0.15, -0.1) is 0 Å². The molecule has 0 radical (unpaired) electrons. The molecule has 1 aromatic carbocycles. The molecule has 1 aliphatic rings. The quantitative estimate of drug-likeness (QED) is 0.770. The first-order valence-electron chi connectivity index (χ1n) is 8.43. The molecule has 2 atom stereocenters. The first-order chi connectivity index (χ1) is 12.3. The van der Waals surface area contributed by atoms with Gasteiger partial charge in [0.1, 0.15) is 6.54 Å². The second-order valence-corrected chi connectivity index (χ2v) is 7.56. The Morgan fingerprint density at radius 3 is 2.46 bits per heavy atom. The normalized spacial score (nSPS) is 19.8. The van der Waals surface area contributed by atoms with Crippen LogP contribution in [-0.2, 0) is 14.3 Å². The molecule has 1 N–H and O–H groups in total. The van der Waals surface area contributed by atoms with Gasteiger partial charge in [0.15, 0.2) is 6.61 Å². The highest BCUT2D eigenvalue weighted by Gasteiger charge is 2.26. The molecule has 6 nitrogen and oxygen atoms in total. The van der Waals surface area contributed by atoms with Crippen LogP contribution in [0.1, 0.15) is 30.6 Å². The lowest BCUT2D eigenvalue weighted by Gasteiger charge is -2.34. The topological polar surface area (TPSA) is 75.7 Å². The second-order valence-electron chi connectivity index (χ2n) is 6.71. The summed E-state index contributed by atoms with van der Waals surface area (Å²) in [4.78, 5) is 37.7. The number of esters is 1. The number of piperidine rings is 1. The zero-order valence-electron chi connectivity index (χ0n) is 14.8. The average Bonchev–Trinajstić information content (AvgIpc) is 2.56. The van der Waals surface area contributed by atoms with Gasteiger partial charge in [0.25, 0.3) is 11.8 Å². The zero-order chi connectivity index (χ0) is 19.3. The third-order valence-electron chi connectivity index (χ3n) is 4.15. The van der Waals surface area contributed by atoms with Gasteiger partial charge in [0.2, 0.25) is 0 Å². The number of nitrogens with zero attached hydrogens (tertiary/aromatic N) is 1. The molecule has 1 aliphatic heterocycles. The van der Waals surface area contributed by atoms with E-state index in [4.69, 9.17) is 27.9 Å². The van der Waals surface area contributed by atoms with Crippen molar-refractivity contribution in [2.45, 2.75) is 20.3 Å². The molecule has 1 fully saturated rings. The minimum absolute atomic E-state index is 0.187. The molecule has 26 heavy (non-hydrogen) atoms. The third kappa shape index (κ3) is 5.88. The fourth-order valence-electron chi connectivity index (χ4n) is 3.07. The summed E-state index contributed by atoms with van der Waals surface area (Å²) < 4.78 is 4.96. The zero-order valence-corrected chi connectivity index (χ0v) is 16.3. The Morgan fingerprint density at radius 1 is 1.19 bits per heavy atom. The van der Waals surface area contributed by atoms with Crippen LogP contribution in [0.4, 0.5) is 0 Å². The van der Waals surface area contributed by atoms with Crippen molar-refractivity contribution in [3.8, 4) is 0 Å². The summed E-state index contributed by atoms with van der Waals surface area (Å²) >= 11 is 11.7. The molecule has 0 bridgehead atoms. The van der Waals surface area contributed by atoms with Crippen LogP contribution in [0.5, 0.6) is 0 Å². The van der Waals surface area contributed by atoms with Crippen molar-refractivity contribution in [3.05, 3.63) is 33.8 Å². The van der Waals surface area contributed by atoms with Crippen molar-refractivity contribution in [3.63, 3.8) is 0 Å². The maximum atomic E-state index is 12.2. The number of rotatable bonds is 5. The lowest BCUT2D eigenvalue weighted by molar-refractivity contribution is -0.152. The number of ether oxygens (including phenoxy) is 1. The molecule has 2 rings (SSSR count).